The highest BCUT2D eigenvalue weighted by Gasteiger charge is 2.20. The molecule has 0 spiro atoms. The minimum absolute atomic E-state index is 0.203. The number of amides is 2. The zero-order valence-corrected chi connectivity index (χ0v) is 15.5. The first-order chi connectivity index (χ1) is 12.9. The fourth-order valence-electron chi connectivity index (χ4n) is 2.52. The standard InChI is InChI=1S/C21H24N2O4/c1-14-5-9-16(10-6-14)19(24)22-13-3-4-18(21(26)27)23-20(25)17-11-7-15(2)8-12-17/h5-12,18H,3-4,13H2,1-2H3,(H,22,24)(H,23,25)(H,26,27)/t18-/m0/s1. The molecule has 2 aromatic rings. The number of benzene rings is 2. The van der Waals surface area contributed by atoms with Crippen LogP contribution in [0.2, 0.25) is 0 Å². The van der Waals surface area contributed by atoms with Gasteiger partial charge in [-0.2, -0.15) is 0 Å². The maximum atomic E-state index is 12.2. The van der Waals surface area contributed by atoms with Crippen molar-refractivity contribution < 1.29 is 19.5 Å². The van der Waals surface area contributed by atoms with E-state index < -0.39 is 17.9 Å². The van der Waals surface area contributed by atoms with Crippen LogP contribution in [0.25, 0.3) is 0 Å². The van der Waals surface area contributed by atoms with Gasteiger partial charge >= 0.3 is 5.97 Å². The van der Waals surface area contributed by atoms with Crippen LogP contribution in [0.4, 0.5) is 0 Å². The van der Waals surface area contributed by atoms with Gasteiger partial charge in [-0.3, -0.25) is 9.59 Å². The van der Waals surface area contributed by atoms with Gasteiger partial charge in [0.2, 0.25) is 0 Å². The summed E-state index contributed by atoms with van der Waals surface area (Å²) in [4.78, 5) is 35.6. The molecule has 0 aliphatic rings. The number of carboxylic acids is 1. The van der Waals surface area contributed by atoms with Gasteiger partial charge in [0.25, 0.3) is 11.8 Å². The smallest absolute Gasteiger partial charge is 0.326 e. The van der Waals surface area contributed by atoms with Crippen molar-refractivity contribution in [1.82, 2.24) is 10.6 Å². The molecule has 0 aliphatic carbocycles. The van der Waals surface area contributed by atoms with Crippen LogP contribution in [0.15, 0.2) is 48.5 Å². The molecule has 2 rings (SSSR count). The molecule has 27 heavy (non-hydrogen) atoms. The van der Waals surface area contributed by atoms with Gasteiger partial charge in [0.15, 0.2) is 0 Å². The van der Waals surface area contributed by atoms with Gasteiger partial charge in [0.05, 0.1) is 0 Å². The molecule has 0 saturated heterocycles. The van der Waals surface area contributed by atoms with E-state index in [0.717, 1.165) is 11.1 Å². The monoisotopic (exact) mass is 368 g/mol. The SMILES string of the molecule is Cc1ccc(C(=O)NCCC[C@H](NC(=O)c2ccc(C)cc2)C(=O)O)cc1. The minimum atomic E-state index is -1.10. The summed E-state index contributed by atoms with van der Waals surface area (Å²) in [5, 5.41) is 14.6. The summed E-state index contributed by atoms with van der Waals surface area (Å²) in [6, 6.07) is 13.1. The van der Waals surface area contributed by atoms with E-state index in [9.17, 15) is 19.5 Å². The summed E-state index contributed by atoms with van der Waals surface area (Å²) in [7, 11) is 0. The van der Waals surface area contributed by atoms with Crippen molar-refractivity contribution in [2.75, 3.05) is 6.54 Å². The van der Waals surface area contributed by atoms with Crippen molar-refractivity contribution in [3.63, 3.8) is 0 Å². The molecule has 2 amide bonds. The molecule has 0 unspecified atom stereocenters. The number of hydrogen-bond donors (Lipinski definition) is 3. The van der Waals surface area contributed by atoms with Crippen molar-refractivity contribution in [2.24, 2.45) is 0 Å². The zero-order chi connectivity index (χ0) is 19.8. The first-order valence-electron chi connectivity index (χ1n) is 8.82. The second-order valence-corrected chi connectivity index (χ2v) is 6.49. The van der Waals surface area contributed by atoms with Gasteiger partial charge in [-0.25, -0.2) is 4.79 Å². The van der Waals surface area contributed by atoms with Gasteiger partial charge in [-0.05, 0) is 51.0 Å². The Kier molecular flexibility index (Phi) is 7.11. The van der Waals surface area contributed by atoms with E-state index >= 15 is 0 Å². The van der Waals surface area contributed by atoms with Crippen molar-refractivity contribution in [3.05, 3.63) is 70.8 Å². The number of rotatable bonds is 8. The average molecular weight is 368 g/mol. The normalized spacial score (nSPS) is 11.5. The fourth-order valence-corrected chi connectivity index (χ4v) is 2.52. The Hall–Kier alpha value is -3.15. The lowest BCUT2D eigenvalue weighted by Gasteiger charge is -2.15. The van der Waals surface area contributed by atoms with Crippen LogP contribution < -0.4 is 10.6 Å². The molecular formula is C21H24N2O4. The molecule has 0 heterocycles. The predicted molar refractivity (Wildman–Crippen MR) is 103 cm³/mol. The quantitative estimate of drug-likeness (QED) is 0.624. The Bertz CT molecular complexity index is 798. The Labute approximate surface area is 158 Å². The zero-order valence-electron chi connectivity index (χ0n) is 15.5. The molecule has 6 nitrogen and oxygen atoms in total. The average Bonchev–Trinajstić information content (AvgIpc) is 2.64. The lowest BCUT2D eigenvalue weighted by Crippen LogP contribution is -2.41. The van der Waals surface area contributed by atoms with Gasteiger partial charge in [-0.15, -0.1) is 0 Å². The van der Waals surface area contributed by atoms with Crippen molar-refractivity contribution in [2.45, 2.75) is 32.7 Å². The van der Waals surface area contributed by atoms with Crippen LogP contribution in [-0.2, 0) is 4.79 Å². The van der Waals surface area contributed by atoms with Gasteiger partial charge in [0.1, 0.15) is 6.04 Å². The molecule has 0 radical (unpaired) electrons. The van der Waals surface area contributed by atoms with E-state index in [-0.39, 0.29) is 12.3 Å². The third-order valence-corrected chi connectivity index (χ3v) is 4.19. The first-order valence-corrected chi connectivity index (χ1v) is 8.82. The van der Waals surface area contributed by atoms with Crippen LogP contribution >= 0.6 is 0 Å². The third kappa shape index (κ3) is 6.26. The molecule has 0 saturated carbocycles. The van der Waals surface area contributed by atoms with Crippen molar-refractivity contribution in [3.8, 4) is 0 Å². The molecular weight excluding hydrogens is 344 g/mol. The molecule has 0 bridgehead atoms. The summed E-state index contributed by atoms with van der Waals surface area (Å²) in [6.07, 6.45) is 0.657. The lowest BCUT2D eigenvalue weighted by molar-refractivity contribution is -0.139. The number of nitrogens with one attached hydrogen (secondary N) is 2. The molecule has 0 aromatic heterocycles. The van der Waals surface area contributed by atoms with Crippen LogP contribution in [0.5, 0.6) is 0 Å². The van der Waals surface area contributed by atoms with E-state index in [2.05, 4.69) is 10.6 Å². The van der Waals surface area contributed by atoms with E-state index in [0.29, 0.717) is 24.1 Å². The lowest BCUT2D eigenvalue weighted by atomic mass is 10.1. The fraction of sp³-hybridized carbons (Fsp3) is 0.286. The van der Waals surface area contributed by atoms with Crippen LogP contribution in [0, 0.1) is 13.8 Å². The maximum Gasteiger partial charge on any atom is 0.326 e. The largest absolute Gasteiger partial charge is 0.480 e. The summed E-state index contributed by atoms with van der Waals surface area (Å²) < 4.78 is 0. The number of carbonyl (C=O) groups is 3. The topological polar surface area (TPSA) is 95.5 Å². The number of aliphatic carboxylic acids is 1. The second kappa shape index (κ2) is 9.52. The molecule has 0 aliphatic heterocycles. The van der Waals surface area contributed by atoms with Crippen LogP contribution in [-0.4, -0.2) is 35.5 Å². The Morgan fingerprint density at radius 2 is 1.33 bits per heavy atom. The molecule has 0 fully saturated rings. The van der Waals surface area contributed by atoms with Crippen molar-refractivity contribution in [1.29, 1.82) is 0 Å². The molecule has 2 aromatic carbocycles. The highest BCUT2D eigenvalue weighted by atomic mass is 16.4. The number of carboxylic acid groups (broad SMARTS) is 1. The number of aryl methyl sites for hydroxylation is 2. The Balaban J connectivity index is 1.81. The Morgan fingerprint density at radius 1 is 0.852 bits per heavy atom. The summed E-state index contributed by atoms with van der Waals surface area (Å²) in [5.74, 6) is -1.73. The van der Waals surface area contributed by atoms with Crippen LogP contribution in [0.1, 0.15) is 44.7 Å². The highest BCUT2D eigenvalue weighted by Crippen LogP contribution is 2.06. The molecule has 1 atom stereocenters. The number of hydrogen-bond acceptors (Lipinski definition) is 3. The van der Waals surface area contributed by atoms with Crippen LogP contribution in [0.3, 0.4) is 0 Å². The molecule has 142 valence electrons. The Morgan fingerprint density at radius 3 is 1.81 bits per heavy atom. The van der Waals surface area contributed by atoms with Crippen molar-refractivity contribution >= 4 is 17.8 Å². The minimum Gasteiger partial charge on any atom is -0.480 e. The second-order valence-electron chi connectivity index (χ2n) is 6.49. The highest BCUT2D eigenvalue weighted by molar-refractivity contribution is 5.96. The third-order valence-electron chi connectivity index (χ3n) is 4.19. The van der Waals surface area contributed by atoms with E-state index in [1.54, 1.807) is 36.4 Å². The predicted octanol–water partition coefficient (Wildman–Crippen LogP) is 2.70. The first kappa shape index (κ1) is 20.2. The maximum absolute atomic E-state index is 12.2. The summed E-state index contributed by atoms with van der Waals surface area (Å²) in [6.45, 7) is 4.18. The molecule has 6 heteroatoms. The molecule has 3 N–H and O–H groups in total. The summed E-state index contributed by atoms with van der Waals surface area (Å²) >= 11 is 0. The number of carbonyl (C=O) groups excluding carboxylic acids is 2. The van der Waals surface area contributed by atoms with E-state index in [1.807, 2.05) is 26.0 Å². The van der Waals surface area contributed by atoms with E-state index in [1.165, 1.54) is 0 Å². The van der Waals surface area contributed by atoms with Gasteiger partial charge < -0.3 is 15.7 Å². The van der Waals surface area contributed by atoms with E-state index in [4.69, 9.17) is 0 Å². The summed E-state index contributed by atoms with van der Waals surface area (Å²) in [5.41, 5.74) is 3.06. The van der Waals surface area contributed by atoms with Gasteiger partial charge in [-0.1, -0.05) is 35.4 Å². The van der Waals surface area contributed by atoms with Gasteiger partial charge in [0, 0.05) is 17.7 Å².